The van der Waals surface area contributed by atoms with Gasteiger partial charge in [0.1, 0.15) is 0 Å². The molecule has 0 radical (unpaired) electrons. The van der Waals surface area contributed by atoms with Crippen LogP contribution in [0.4, 0.5) is 11.9 Å². The smallest absolute Gasteiger partial charge is 0.257 e. The monoisotopic (exact) mass is 275 g/mol. The second-order valence-corrected chi connectivity index (χ2v) is 4.73. The van der Waals surface area contributed by atoms with Gasteiger partial charge in [-0.25, -0.2) is 4.68 Å². The second-order valence-electron chi connectivity index (χ2n) is 4.73. The summed E-state index contributed by atoms with van der Waals surface area (Å²) in [4.78, 5) is 12.5. The molecule has 8 nitrogen and oxygen atoms in total. The molecule has 0 amide bonds. The number of ether oxygens (including phenoxy) is 1. The summed E-state index contributed by atoms with van der Waals surface area (Å²) in [7, 11) is 0. The van der Waals surface area contributed by atoms with Crippen LogP contribution in [-0.2, 0) is 4.74 Å². The van der Waals surface area contributed by atoms with Gasteiger partial charge in [-0.1, -0.05) is 0 Å². The summed E-state index contributed by atoms with van der Waals surface area (Å²) in [6.07, 6.45) is 5.67. The molecule has 1 saturated heterocycles. The summed E-state index contributed by atoms with van der Waals surface area (Å²) in [5.41, 5.74) is 5.71. The Morgan fingerprint density at radius 1 is 1.40 bits per heavy atom. The zero-order valence-electron chi connectivity index (χ0n) is 11.1. The van der Waals surface area contributed by atoms with Crippen molar-refractivity contribution in [1.82, 2.24) is 24.7 Å². The third-order valence-electron chi connectivity index (χ3n) is 3.15. The Morgan fingerprint density at radius 2 is 2.35 bits per heavy atom. The SMILES string of the molecule is Nc1nc(NCC2CCCOC2)nc(-n2cccn2)n1. The lowest BCUT2D eigenvalue weighted by Gasteiger charge is -2.22. The summed E-state index contributed by atoms with van der Waals surface area (Å²) in [5.74, 6) is 1.53. The molecule has 0 aliphatic carbocycles. The van der Waals surface area contributed by atoms with E-state index in [2.05, 4.69) is 25.4 Å². The fraction of sp³-hybridized carbons (Fsp3) is 0.500. The molecule has 106 valence electrons. The lowest BCUT2D eigenvalue weighted by molar-refractivity contribution is 0.0594. The third-order valence-corrected chi connectivity index (χ3v) is 3.15. The number of aromatic nitrogens is 5. The molecule has 0 aromatic carbocycles. The van der Waals surface area contributed by atoms with Gasteiger partial charge >= 0.3 is 0 Å². The van der Waals surface area contributed by atoms with Crippen molar-refractivity contribution in [2.75, 3.05) is 30.8 Å². The van der Waals surface area contributed by atoms with Crippen LogP contribution in [-0.4, -0.2) is 44.5 Å². The Bertz CT molecular complexity index is 551. The molecule has 1 aliphatic rings. The van der Waals surface area contributed by atoms with Crippen molar-refractivity contribution in [1.29, 1.82) is 0 Å². The van der Waals surface area contributed by atoms with Crippen LogP contribution in [0.5, 0.6) is 0 Å². The molecular formula is C12H17N7O. The molecule has 3 heterocycles. The minimum Gasteiger partial charge on any atom is -0.381 e. The molecule has 0 saturated carbocycles. The molecular weight excluding hydrogens is 258 g/mol. The quantitative estimate of drug-likeness (QED) is 0.836. The van der Waals surface area contributed by atoms with E-state index in [1.54, 1.807) is 23.1 Å². The second kappa shape index (κ2) is 5.83. The van der Waals surface area contributed by atoms with E-state index >= 15 is 0 Å². The van der Waals surface area contributed by atoms with E-state index in [0.29, 0.717) is 17.8 Å². The van der Waals surface area contributed by atoms with Crippen molar-refractivity contribution >= 4 is 11.9 Å². The van der Waals surface area contributed by atoms with Gasteiger partial charge in [0.2, 0.25) is 11.9 Å². The first-order valence-corrected chi connectivity index (χ1v) is 6.64. The molecule has 0 spiro atoms. The fourth-order valence-electron chi connectivity index (χ4n) is 2.15. The van der Waals surface area contributed by atoms with Gasteiger partial charge < -0.3 is 15.8 Å². The largest absolute Gasteiger partial charge is 0.381 e. The number of hydrogen-bond donors (Lipinski definition) is 2. The topological polar surface area (TPSA) is 104 Å². The molecule has 3 rings (SSSR count). The molecule has 2 aromatic heterocycles. The molecule has 1 fully saturated rings. The Kier molecular flexibility index (Phi) is 3.73. The first-order chi connectivity index (χ1) is 9.81. The third kappa shape index (κ3) is 3.02. The highest BCUT2D eigenvalue weighted by atomic mass is 16.5. The Morgan fingerprint density at radius 3 is 3.10 bits per heavy atom. The molecule has 20 heavy (non-hydrogen) atoms. The lowest BCUT2D eigenvalue weighted by atomic mass is 10.0. The zero-order chi connectivity index (χ0) is 13.8. The summed E-state index contributed by atoms with van der Waals surface area (Å²) < 4.78 is 6.99. The Hall–Kier alpha value is -2.22. The number of hydrogen-bond acceptors (Lipinski definition) is 7. The number of nitrogen functional groups attached to an aromatic ring is 1. The maximum Gasteiger partial charge on any atom is 0.257 e. The summed E-state index contributed by atoms with van der Waals surface area (Å²) in [6.45, 7) is 2.40. The van der Waals surface area contributed by atoms with Gasteiger partial charge in [-0.05, 0) is 24.8 Å². The van der Waals surface area contributed by atoms with Gasteiger partial charge in [-0.2, -0.15) is 20.1 Å². The van der Waals surface area contributed by atoms with E-state index in [4.69, 9.17) is 10.5 Å². The Labute approximate surface area is 116 Å². The number of nitrogens with zero attached hydrogens (tertiary/aromatic N) is 5. The zero-order valence-corrected chi connectivity index (χ0v) is 11.1. The predicted molar refractivity (Wildman–Crippen MR) is 73.4 cm³/mol. The highest BCUT2D eigenvalue weighted by molar-refractivity contribution is 5.34. The standard InChI is InChI=1S/C12H17N7O/c13-10-16-11(14-7-9-3-1-6-20-8-9)18-12(17-10)19-5-2-4-15-19/h2,4-5,9H,1,3,6-8H2,(H3,13,14,16,17,18). The Balaban J connectivity index is 1.69. The molecule has 3 N–H and O–H groups in total. The average Bonchev–Trinajstić information content (AvgIpc) is 3.00. The van der Waals surface area contributed by atoms with Crippen molar-refractivity contribution in [2.24, 2.45) is 5.92 Å². The van der Waals surface area contributed by atoms with Gasteiger partial charge in [-0.15, -0.1) is 0 Å². The molecule has 1 unspecified atom stereocenters. The van der Waals surface area contributed by atoms with E-state index in [9.17, 15) is 0 Å². The number of nitrogens with one attached hydrogen (secondary N) is 1. The van der Waals surface area contributed by atoms with Crippen LogP contribution >= 0.6 is 0 Å². The summed E-state index contributed by atoms with van der Waals surface area (Å²) in [5, 5.41) is 7.27. The van der Waals surface area contributed by atoms with Gasteiger partial charge in [0.05, 0.1) is 6.61 Å². The maximum absolute atomic E-state index is 5.71. The van der Waals surface area contributed by atoms with Gasteiger partial charge in [0.15, 0.2) is 0 Å². The first-order valence-electron chi connectivity index (χ1n) is 6.64. The van der Waals surface area contributed by atoms with Crippen LogP contribution in [0.25, 0.3) is 5.95 Å². The molecule has 1 atom stereocenters. The minimum atomic E-state index is 0.174. The molecule has 8 heteroatoms. The van der Waals surface area contributed by atoms with Crippen LogP contribution in [0, 0.1) is 5.92 Å². The van der Waals surface area contributed by atoms with Gasteiger partial charge in [0.25, 0.3) is 5.95 Å². The van der Waals surface area contributed by atoms with Crippen LogP contribution in [0.15, 0.2) is 18.5 Å². The van der Waals surface area contributed by atoms with Gasteiger partial charge in [-0.3, -0.25) is 0 Å². The van der Waals surface area contributed by atoms with Crippen molar-refractivity contribution in [3.63, 3.8) is 0 Å². The van der Waals surface area contributed by atoms with Crippen molar-refractivity contribution < 1.29 is 4.74 Å². The van der Waals surface area contributed by atoms with Gasteiger partial charge in [0, 0.05) is 25.5 Å². The average molecular weight is 275 g/mol. The van der Waals surface area contributed by atoms with Crippen molar-refractivity contribution in [2.45, 2.75) is 12.8 Å². The highest BCUT2D eigenvalue weighted by Gasteiger charge is 2.14. The summed E-state index contributed by atoms with van der Waals surface area (Å²) >= 11 is 0. The van der Waals surface area contributed by atoms with E-state index in [1.807, 2.05) is 0 Å². The minimum absolute atomic E-state index is 0.174. The first kappa shape index (κ1) is 12.8. The number of nitrogens with two attached hydrogens (primary N) is 1. The maximum atomic E-state index is 5.71. The van der Waals surface area contributed by atoms with Crippen molar-refractivity contribution in [3.8, 4) is 5.95 Å². The van der Waals surface area contributed by atoms with E-state index in [-0.39, 0.29) is 5.95 Å². The fourth-order valence-corrected chi connectivity index (χ4v) is 2.15. The summed E-state index contributed by atoms with van der Waals surface area (Å²) in [6, 6.07) is 1.80. The molecule has 1 aliphatic heterocycles. The van der Waals surface area contributed by atoms with E-state index in [0.717, 1.165) is 32.6 Å². The van der Waals surface area contributed by atoms with E-state index < -0.39 is 0 Å². The molecule has 2 aromatic rings. The highest BCUT2D eigenvalue weighted by Crippen LogP contribution is 2.14. The van der Waals surface area contributed by atoms with Crippen LogP contribution in [0.3, 0.4) is 0 Å². The van der Waals surface area contributed by atoms with Crippen LogP contribution < -0.4 is 11.1 Å². The molecule has 0 bridgehead atoms. The number of anilines is 2. The van der Waals surface area contributed by atoms with E-state index in [1.165, 1.54) is 0 Å². The predicted octanol–water partition coefficient (Wildman–Crippen LogP) is 0.478. The van der Waals surface area contributed by atoms with Crippen LogP contribution in [0.2, 0.25) is 0 Å². The lowest BCUT2D eigenvalue weighted by Crippen LogP contribution is -2.25. The van der Waals surface area contributed by atoms with Crippen molar-refractivity contribution in [3.05, 3.63) is 18.5 Å². The number of rotatable bonds is 4. The van der Waals surface area contributed by atoms with Crippen LogP contribution in [0.1, 0.15) is 12.8 Å². The normalized spacial score (nSPS) is 18.9.